The average Bonchev–Trinajstić information content (AvgIpc) is 3.30. The summed E-state index contributed by atoms with van der Waals surface area (Å²) >= 11 is 5.99. The van der Waals surface area contributed by atoms with E-state index in [1.54, 1.807) is 49.4 Å². The number of ether oxygens (including phenoxy) is 2. The van der Waals surface area contributed by atoms with Crippen LogP contribution in [0.2, 0.25) is 5.02 Å². The lowest BCUT2D eigenvalue weighted by atomic mass is 10.2. The molecule has 3 rings (SSSR count). The summed E-state index contributed by atoms with van der Waals surface area (Å²) in [6, 6.07) is 11.6. The molecule has 1 aliphatic rings. The molecule has 0 bridgehead atoms. The van der Waals surface area contributed by atoms with Crippen molar-refractivity contribution in [3.05, 3.63) is 53.1 Å². The number of nitrogens with one attached hydrogen (secondary N) is 1. The third-order valence-corrected chi connectivity index (χ3v) is 7.35. The second-order valence-corrected chi connectivity index (χ2v) is 9.74. The molecule has 1 saturated heterocycles. The Balaban J connectivity index is 1.42. The van der Waals surface area contributed by atoms with Crippen molar-refractivity contribution in [2.75, 3.05) is 26.2 Å². The van der Waals surface area contributed by atoms with Crippen LogP contribution in [-0.2, 0) is 14.8 Å². The van der Waals surface area contributed by atoms with Gasteiger partial charge in [-0.15, -0.1) is 0 Å². The van der Waals surface area contributed by atoms with Crippen LogP contribution in [0.3, 0.4) is 0 Å². The number of benzene rings is 2. The van der Waals surface area contributed by atoms with Gasteiger partial charge in [-0.25, -0.2) is 8.42 Å². The smallest absolute Gasteiger partial charge is 0.260 e. The Labute approximate surface area is 188 Å². The maximum atomic E-state index is 12.5. The van der Waals surface area contributed by atoms with Gasteiger partial charge in [0.05, 0.1) is 11.4 Å². The molecule has 1 fully saturated rings. The number of carbonyl (C=O) groups excluding carboxylic acids is 1. The molecule has 2 aromatic carbocycles. The molecule has 9 heteroatoms. The quantitative estimate of drug-likeness (QED) is 0.572. The normalized spacial score (nSPS) is 15.5. The van der Waals surface area contributed by atoms with Crippen molar-refractivity contribution in [1.29, 1.82) is 0 Å². The number of amides is 1. The van der Waals surface area contributed by atoms with Crippen LogP contribution in [0.5, 0.6) is 11.5 Å². The summed E-state index contributed by atoms with van der Waals surface area (Å²) in [5, 5.41) is 3.40. The zero-order valence-electron chi connectivity index (χ0n) is 17.6. The minimum absolute atomic E-state index is 0.247. The molecular weight excluding hydrogens is 440 g/mol. The van der Waals surface area contributed by atoms with Gasteiger partial charge in [0.2, 0.25) is 10.0 Å². The summed E-state index contributed by atoms with van der Waals surface area (Å²) in [7, 11) is -3.43. The molecule has 1 heterocycles. The maximum absolute atomic E-state index is 12.5. The fraction of sp³-hybridized carbons (Fsp3) is 0.409. The zero-order valence-corrected chi connectivity index (χ0v) is 19.2. The Morgan fingerprint density at radius 2 is 1.77 bits per heavy atom. The second kappa shape index (κ2) is 10.3. The Kier molecular flexibility index (Phi) is 7.80. The van der Waals surface area contributed by atoms with Gasteiger partial charge in [-0.2, -0.15) is 4.31 Å². The Bertz CT molecular complexity index is 1010. The molecule has 0 saturated carbocycles. The summed E-state index contributed by atoms with van der Waals surface area (Å²) in [6.45, 7) is 5.21. The molecule has 1 aliphatic heterocycles. The Hall–Kier alpha value is -2.29. The average molecular weight is 467 g/mol. The van der Waals surface area contributed by atoms with Gasteiger partial charge in [0.15, 0.2) is 6.10 Å². The monoisotopic (exact) mass is 466 g/mol. The number of carbonyl (C=O) groups is 1. The van der Waals surface area contributed by atoms with E-state index in [2.05, 4.69) is 5.32 Å². The third kappa shape index (κ3) is 6.12. The molecule has 0 spiro atoms. The van der Waals surface area contributed by atoms with Gasteiger partial charge >= 0.3 is 0 Å². The molecule has 1 atom stereocenters. The summed E-state index contributed by atoms with van der Waals surface area (Å²) < 4.78 is 37.8. The molecule has 0 aliphatic carbocycles. The maximum Gasteiger partial charge on any atom is 0.260 e. The zero-order chi connectivity index (χ0) is 22.4. The first-order valence-electron chi connectivity index (χ1n) is 10.2. The van der Waals surface area contributed by atoms with E-state index < -0.39 is 16.1 Å². The number of rotatable bonds is 9. The first-order valence-corrected chi connectivity index (χ1v) is 12.0. The SMILES string of the molecule is Cc1cc(O[C@@H](C)C(=O)NCCOc2ccc(S(=O)(=O)N3CCCC3)cc2)ccc1Cl. The van der Waals surface area contributed by atoms with E-state index in [1.165, 1.54) is 4.31 Å². The first kappa shape index (κ1) is 23.4. The number of aryl methyl sites for hydroxylation is 1. The lowest BCUT2D eigenvalue weighted by molar-refractivity contribution is -0.127. The van der Waals surface area contributed by atoms with Gasteiger partial charge in [-0.05, 0) is 74.7 Å². The molecule has 2 aromatic rings. The highest BCUT2D eigenvalue weighted by molar-refractivity contribution is 7.89. The highest BCUT2D eigenvalue weighted by Crippen LogP contribution is 2.23. The minimum Gasteiger partial charge on any atom is -0.492 e. The van der Waals surface area contributed by atoms with E-state index >= 15 is 0 Å². The summed E-state index contributed by atoms with van der Waals surface area (Å²) in [6.07, 6.45) is 1.13. The van der Waals surface area contributed by atoms with Crippen LogP contribution in [0.4, 0.5) is 0 Å². The lowest BCUT2D eigenvalue weighted by Crippen LogP contribution is -2.38. The molecule has 0 aromatic heterocycles. The lowest BCUT2D eigenvalue weighted by Gasteiger charge is -2.16. The van der Waals surface area contributed by atoms with Crippen LogP contribution in [0.1, 0.15) is 25.3 Å². The van der Waals surface area contributed by atoms with Crippen molar-refractivity contribution in [1.82, 2.24) is 9.62 Å². The number of halogens is 1. The van der Waals surface area contributed by atoms with Gasteiger partial charge in [0.25, 0.3) is 5.91 Å². The predicted molar refractivity (Wildman–Crippen MR) is 119 cm³/mol. The minimum atomic E-state index is -3.43. The van der Waals surface area contributed by atoms with Crippen LogP contribution in [0.25, 0.3) is 0 Å². The van der Waals surface area contributed by atoms with Crippen LogP contribution in [0.15, 0.2) is 47.4 Å². The topological polar surface area (TPSA) is 84.9 Å². The predicted octanol–water partition coefficient (Wildman–Crippen LogP) is 3.40. The Morgan fingerprint density at radius 1 is 1.13 bits per heavy atom. The van der Waals surface area contributed by atoms with Gasteiger partial charge in [-0.1, -0.05) is 11.6 Å². The number of hydrogen-bond donors (Lipinski definition) is 1. The number of nitrogens with zero attached hydrogens (tertiary/aromatic N) is 1. The number of hydrogen-bond acceptors (Lipinski definition) is 5. The van der Waals surface area contributed by atoms with E-state index in [-0.39, 0.29) is 17.4 Å². The van der Waals surface area contributed by atoms with Crippen LogP contribution in [0, 0.1) is 6.92 Å². The summed E-state index contributed by atoms with van der Waals surface area (Å²) in [5.74, 6) is 0.851. The highest BCUT2D eigenvalue weighted by atomic mass is 35.5. The second-order valence-electron chi connectivity index (χ2n) is 7.39. The fourth-order valence-corrected chi connectivity index (χ4v) is 4.85. The van der Waals surface area contributed by atoms with Crippen molar-refractivity contribution >= 4 is 27.5 Å². The highest BCUT2D eigenvalue weighted by Gasteiger charge is 2.26. The third-order valence-electron chi connectivity index (χ3n) is 5.01. The van der Waals surface area contributed by atoms with Crippen LogP contribution in [-0.4, -0.2) is 51.0 Å². The summed E-state index contributed by atoms with van der Waals surface area (Å²) in [5.41, 5.74) is 0.874. The van der Waals surface area contributed by atoms with E-state index in [1.807, 2.05) is 6.92 Å². The van der Waals surface area contributed by atoms with Crippen LogP contribution >= 0.6 is 11.6 Å². The first-order chi connectivity index (χ1) is 14.8. The van der Waals surface area contributed by atoms with Gasteiger partial charge < -0.3 is 14.8 Å². The van der Waals surface area contributed by atoms with E-state index in [0.717, 1.165) is 18.4 Å². The molecule has 0 radical (unpaired) electrons. The van der Waals surface area contributed by atoms with Gasteiger partial charge in [0.1, 0.15) is 18.1 Å². The van der Waals surface area contributed by atoms with E-state index in [0.29, 0.717) is 36.2 Å². The molecule has 7 nitrogen and oxygen atoms in total. The molecule has 1 amide bonds. The van der Waals surface area contributed by atoms with Crippen molar-refractivity contribution in [2.45, 2.75) is 37.7 Å². The molecule has 1 N–H and O–H groups in total. The molecule has 31 heavy (non-hydrogen) atoms. The van der Waals surface area contributed by atoms with Crippen molar-refractivity contribution in [3.8, 4) is 11.5 Å². The van der Waals surface area contributed by atoms with Crippen molar-refractivity contribution in [3.63, 3.8) is 0 Å². The van der Waals surface area contributed by atoms with Gasteiger partial charge in [0, 0.05) is 18.1 Å². The van der Waals surface area contributed by atoms with Crippen molar-refractivity contribution in [2.24, 2.45) is 0 Å². The standard InChI is InChI=1S/C22H27ClN2O5S/c1-16-15-19(7-10-21(16)23)30-17(2)22(26)24-11-14-29-18-5-8-20(9-6-18)31(27,28)25-12-3-4-13-25/h5-10,15,17H,3-4,11-14H2,1-2H3,(H,24,26)/t17-/m0/s1. The van der Waals surface area contributed by atoms with E-state index in [4.69, 9.17) is 21.1 Å². The Morgan fingerprint density at radius 3 is 2.42 bits per heavy atom. The molecular formula is C22H27ClN2O5S. The summed E-state index contributed by atoms with van der Waals surface area (Å²) in [4.78, 5) is 12.5. The van der Waals surface area contributed by atoms with Gasteiger partial charge in [-0.3, -0.25) is 4.79 Å². The van der Waals surface area contributed by atoms with Crippen LogP contribution < -0.4 is 14.8 Å². The largest absolute Gasteiger partial charge is 0.492 e. The van der Waals surface area contributed by atoms with Crippen molar-refractivity contribution < 1.29 is 22.7 Å². The molecule has 0 unspecified atom stereocenters. The van der Waals surface area contributed by atoms with E-state index in [9.17, 15) is 13.2 Å². The molecule has 168 valence electrons. The fourth-order valence-electron chi connectivity index (χ4n) is 3.22. The number of sulfonamides is 1.